The van der Waals surface area contributed by atoms with E-state index in [9.17, 15) is 8.42 Å². The van der Waals surface area contributed by atoms with Crippen LogP contribution in [0.25, 0.3) is 0 Å². The highest BCUT2D eigenvalue weighted by Gasteiger charge is 2.34. The van der Waals surface area contributed by atoms with Crippen LogP contribution in [0.3, 0.4) is 0 Å². The molecule has 5 nitrogen and oxygen atoms in total. The van der Waals surface area contributed by atoms with Crippen LogP contribution in [-0.2, 0) is 19.5 Å². The van der Waals surface area contributed by atoms with Crippen LogP contribution in [-0.4, -0.2) is 39.6 Å². The summed E-state index contributed by atoms with van der Waals surface area (Å²) in [5, 5.41) is 4.54. The highest BCUT2D eigenvalue weighted by molar-refractivity contribution is 7.89. The second-order valence-corrected chi connectivity index (χ2v) is 6.08. The molecule has 0 aromatic carbocycles. The van der Waals surface area contributed by atoms with Crippen LogP contribution < -0.4 is 5.14 Å². The van der Waals surface area contributed by atoms with Crippen LogP contribution in [0.2, 0.25) is 0 Å². The summed E-state index contributed by atoms with van der Waals surface area (Å²) in [5.74, 6) is 0. The Balaban J connectivity index is 2.74. The molecule has 1 rings (SSSR count). The molecule has 0 aliphatic carbocycles. The van der Waals surface area contributed by atoms with E-state index in [1.165, 1.54) is 7.11 Å². The first-order valence-corrected chi connectivity index (χ1v) is 7.37. The number of methoxy groups -OCH3 is 1. The highest BCUT2D eigenvalue weighted by Crippen LogP contribution is 2.23. The highest BCUT2D eigenvalue weighted by atomic mass is 32.2. The van der Waals surface area contributed by atoms with Crippen LogP contribution in [0, 0.1) is 0 Å². The summed E-state index contributed by atoms with van der Waals surface area (Å²) >= 11 is 0. The van der Waals surface area contributed by atoms with Gasteiger partial charge >= 0.3 is 0 Å². The molecule has 1 heterocycles. The van der Waals surface area contributed by atoms with Crippen molar-refractivity contribution < 1.29 is 17.9 Å². The standard InChI is InChI=1S/C11H21NO4S/c1-3-5-10(15-2)11(17(12,13)14)8-9-6-4-7-16-9/h3,9-11H,1,4-8H2,2H3,(H2,12,13,14)/t9-,10+,11-/m0/s1. The quantitative estimate of drug-likeness (QED) is 0.689. The van der Waals surface area contributed by atoms with Crippen molar-refractivity contribution in [2.45, 2.75) is 43.1 Å². The number of primary sulfonamides is 1. The number of rotatable bonds is 7. The van der Waals surface area contributed by atoms with Crippen molar-refractivity contribution in [1.29, 1.82) is 0 Å². The molecule has 2 N–H and O–H groups in total. The maximum atomic E-state index is 11.6. The molecule has 1 saturated heterocycles. The maximum absolute atomic E-state index is 11.6. The van der Waals surface area contributed by atoms with Gasteiger partial charge in [-0.1, -0.05) is 6.08 Å². The summed E-state index contributed by atoms with van der Waals surface area (Å²) in [7, 11) is -2.15. The summed E-state index contributed by atoms with van der Waals surface area (Å²) < 4.78 is 33.9. The summed E-state index contributed by atoms with van der Waals surface area (Å²) in [6.07, 6.45) is 3.88. The van der Waals surface area contributed by atoms with Crippen molar-refractivity contribution in [2.24, 2.45) is 5.14 Å². The Morgan fingerprint density at radius 2 is 2.35 bits per heavy atom. The minimum absolute atomic E-state index is 0.0270. The molecule has 1 aliphatic heterocycles. The molecule has 0 saturated carbocycles. The van der Waals surface area contributed by atoms with Gasteiger partial charge in [-0.2, -0.15) is 0 Å². The van der Waals surface area contributed by atoms with Crippen molar-refractivity contribution in [2.75, 3.05) is 13.7 Å². The fraction of sp³-hybridized carbons (Fsp3) is 0.818. The van der Waals surface area contributed by atoms with Gasteiger partial charge in [-0.15, -0.1) is 6.58 Å². The molecule has 0 amide bonds. The van der Waals surface area contributed by atoms with Gasteiger partial charge < -0.3 is 9.47 Å². The Kier molecular flexibility index (Phi) is 5.58. The van der Waals surface area contributed by atoms with Gasteiger partial charge in [0.15, 0.2) is 0 Å². The van der Waals surface area contributed by atoms with E-state index in [1.54, 1.807) is 6.08 Å². The average molecular weight is 263 g/mol. The van der Waals surface area contributed by atoms with E-state index in [2.05, 4.69) is 6.58 Å². The first-order valence-electron chi connectivity index (χ1n) is 5.76. The third-order valence-corrected chi connectivity index (χ3v) is 4.40. The first-order chi connectivity index (χ1) is 7.99. The average Bonchev–Trinajstić information content (AvgIpc) is 2.74. The summed E-state index contributed by atoms with van der Waals surface area (Å²) in [6.45, 7) is 4.29. The van der Waals surface area contributed by atoms with Gasteiger partial charge in [0, 0.05) is 13.7 Å². The normalized spacial score (nSPS) is 24.5. The lowest BCUT2D eigenvalue weighted by Crippen LogP contribution is -2.41. The summed E-state index contributed by atoms with van der Waals surface area (Å²) in [6, 6.07) is 0. The van der Waals surface area contributed by atoms with Gasteiger partial charge in [0.25, 0.3) is 0 Å². The van der Waals surface area contributed by atoms with E-state index < -0.39 is 21.4 Å². The number of ether oxygens (including phenoxy) is 2. The van der Waals surface area contributed by atoms with Gasteiger partial charge in [0.1, 0.15) is 5.25 Å². The van der Waals surface area contributed by atoms with Crippen molar-refractivity contribution in [3.63, 3.8) is 0 Å². The topological polar surface area (TPSA) is 78.6 Å². The molecule has 0 aromatic rings. The molecule has 1 fully saturated rings. The predicted molar refractivity (Wildman–Crippen MR) is 66.1 cm³/mol. The minimum atomic E-state index is -3.64. The number of nitrogens with two attached hydrogens (primary N) is 1. The molecule has 100 valence electrons. The smallest absolute Gasteiger partial charge is 0.214 e. The van der Waals surface area contributed by atoms with Gasteiger partial charge in [0.05, 0.1) is 12.2 Å². The molecule has 6 heteroatoms. The molecule has 0 spiro atoms. The SMILES string of the molecule is C=CC[C@@H](OC)[C@H](C[C@@H]1CCCO1)S(N)(=O)=O. The van der Waals surface area contributed by atoms with Crippen molar-refractivity contribution in [3.8, 4) is 0 Å². The van der Waals surface area contributed by atoms with Crippen LogP contribution >= 0.6 is 0 Å². The minimum Gasteiger partial charge on any atom is -0.380 e. The number of hydrogen-bond acceptors (Lipinski definition) is 4. The van der Waals surface area contributed by atoms with Crippen molar-refractivity contribution in [3.05, 3.63) is 12.7 Å². The molecule has 0 radical (unpaired) electrons. The van der Waals surface area contributed by atoms with Gasteiger partial charge in [-0.3, -0.25) is 0 Å². The second kappa shape index (κ2) is 6.49. The van der Waals surface area contributed by atoms with Crippen molar-refractivity contribution in [1.82, 2.24) is 0 Å². The third-order valence-electron chi connectivity index (χ3n) is 3.06. The van der Waals surface area contributed by atoms with E-state index in [-0.39, 0.29) is 6.10 Å². The molecule has 0 aromatic heterocycles. The Bertz CT molecular complexity index is 335. The van der Waals surface area contributed by atoms with Crippen LogP contribution in [0.5, 0.6) is 0 Å². The van der Waals surface area contributed by atoms with Crippen LogP contribution in [0.1, 0.15) is 25.7 Å². The Morgan fingerprint density at radius 1 is 1.65 bits per heavy atom. The molecule has 3 atom stereocenters. The van der Waals surface area contributed by atoms with Crippen LogP contribution in [0.4, 0.5) is 0 Å². The first kappa shape index (κ1) is 14.6. The lowest BCUT2D eigenvalue weighted by atomic mass is 10.0. The summed E-state index contributed by atoms with van der Waals surface area (Å²) in [5.41, 5.74) is 0. The molecule has 17 heavy (non-hydrogen) atoms. The number of hydrogen-bond donors (Lipinski definition) is 1. The van der Waals surface area contributed by atoms with E-state index in [0.717, 1.165) is 12.8 Å². The largest absolute Gasteiger partial charge is 0.380 e. The lowest BCUT2D eigenvalue weighted by molar-refractivity contribution is 0.0632. The van der Waals surface area contributed by atoms with E-state index >= 15 is 0 Å². The molecule has 1 aliphatic rings. The lowest BCUT2D eigenvalue weighted by Gasteiger charge is -2.25. The Morgan fingerprint density at radius 3 is 2.76 bits per heavy atom. The summed E-state index contributed by atoms with van der Waals surface area (Å²) in [4.78, 5) is 0. The van der Waals surface area contributed by atoms with E-state index in [0.29, 0.717) is 19.4 Å². The molecule has 0 unspecified atom stereocenters. The number of sulfonamides is 1. The van der Waals surface area contributed by atoms with E-state index in [4.69, 9.17) is 14.6 Å². The monoisotopic (exact) mass is 263 g/mol. The zero-order valence-corrected chi connectivity index (χ0v) is 11.0. The molecular weight excluding hydrogens is 242 g/mol. The van der Waals surface area contributed by atoms with Crippen molar-refractivity contribution >= 4 is 10.0 Å². The van der Waals surface area contributed by atoms with Gasteiger partial charge in [0.2, 0.25) is 10.0 Å². The van der Waals surface area contributed by atoms with Gasteiger partial charge in [-0.05, 0) is 25.7 Å². The molecular formula is C11H21NO4S. The van der Waals surface area contributed by atoms with E-state index in [1.807, 2.05) is 0 Å². The third kappa shape index (κ3) is 4.39. The predicted octanol–water partition coefficient (Wildman–Crippen LogP) is 0.804. The fourth-order valence-electron chi connectivity index (χ4n) is 2.15. The zero-order chi connectivity index (χ0) is 12.9. The molecule has 0 bridgehead atoms. The fourth-order valence-corrected chi connectivity index (χ4v) is 3.28. The Labute approximate surface area is 103 Å². The Hall–Kier alpha value is -0.430. The van der Waals surface area contributed by atoms with Crippen LogP contribution in [0.15, 0.2) is 12.7 Å². The zero-order valence-electron chi connectivity index (χ0n) is 10.2. The second-order valence-electron chi connectivity index (χ2n) is 4.30. The maximum Gasteiger partial charge on any atom is 0.214 e. The van der Waals surface area contributed by atoms with Gasteiger partial charge in [-0.25, -0.2) is 13.6 Å².